The number of carbonyl (C=O) groups is 2. The maximum atomic E-state index is 11.6. The summed E-state index contributed by atoms with van der Waals surface area (Å²) in [6.07, 6.45) is 5.78. The average molecular weight is 256 g/mol. The fourth-order valence-corrected chi connectivity index (χ4v) is 2.28. The normalized spacial score (nSPS) is 17.4. The molecule has 0 aliphatic heterocycles. The van der Waals surface area contributed by atoms with E-state index < -0.39 is 0 Å². The van der Waals surface area contributed by atoms with Crippen LogP contribution in [0.1, 0.15) is 58.8 Å². The first kappa shape index (κ1) is 15.0. The minimum absolute atomic E-state index is 0.0216. The fraction of sp³-hybridized carbons (Fsp3) is 0.857. The molecule has 1 rings (SSSR count). The zero-order valence-corrected chi connectivity index (χ0v) is 11.4. The third-order valence-corrected chi connectivity index (χ3v) is 3.38. The van der Waals surface area contributed by atoms with Crippen molar-refractivity contribution < 1.29 is 19.1 Å². The highest BCUT2D eigenvalue weighted by Crippen LogP contribution is 2.29. The van der Waals surface area contributed by atoms with Crippen LogP contribution in [0.4, 0.5) is 0 Å². The predicted octanol–water partition coefficient (Wildman–Crippen LogP) is 2.84. The van der Waals surface area contributed by atoms with Gasteiger partial charge in [0.05, 0.1) is 19.4 Å². The van der Waals surface area contributed by atoms with Crippen LogP contribution < -0.4 is 0 Å². The van der Waals surface area contributed by atoms with E-state index in [1.165, 1.54) is 12.8 Å². The van der Waals surface area contributed by atoms with Gasteiger partial charge in [0.25, 0.3) is 0 Å². The largest absolute Gasteiger partial charge is 0.466 e. The molecule has 18 heavy (non-hydrogen) atoms. The number of rotatable bonds is 7. The van der Waals surface area contributed by atoms with Gasteiger partial charge in [-0.1, -0.05) is 19.8 Å². The Bertz CT molecular complexity index is 269. The van der Waals surface area contributed by atoms with Gasteiger partial charge in [0, 0.05) is 0 Å². The van der Waals surface area contributed by atoms with Crippen molar-refractivity contribution in [2.24, 2.45) is 5.92 Å². The fourth-order valence-electron chi connectivity index (χ4n) is 2.28. The van der Waals surface area contributed by atoms with E-state index in [0.717, 1.165) is 19.3 Å². The molecule has 0 aromatic rings. The maximum Gasteiger partial charge on any atom is 0.306 e. The standard InChI is InChI=1S/C14H24O4/c1-3-10-17-13(15)8-9-14(16)18-11(2)12-6-4-5-7-12/h11-12H,3-10H2,1-2H3. The van der Waals surface area contributed by atoms with Crippen LogP contribution in [0.5, 0.6) is 0 Å². The Kier molecular flexibility index (Phi) is 6.76. The minimum Gasteiger partial charge on any atom is -0.466 e. The number of hydrogen-bond donors (Lipinski definition) is 0. The van der Waals surface area contributed by atoms with E-state index in [-0.39, 0.29) is 30.9 Å². The second kappa shape index (κ2) is 8.11. The molecule has 0 bridgehead atoms. The van der Waals surface area contributed by atoms with Gasteiger partial charge < -0.3 is 9.47 Å². The average Bonchev–Trinajstić information content (AvgIpc) is 2.87. The zero-order chi connectivity index (χ0) is 13.4. The molecule has 0 N–H and O–H groups in total. The molecule has 1 saturated carbocycles. The molecule has 0 amide bonds. The highest BCUT2D eigenvalue weighted by Gasteiger charge is 2.24. The number of ether oxygens (including phenoxy) is 2. The first-order valence-corrected chi connectivity index (χ1v) is 6.98. The molecule has 4 nitrogen and oxygen atoms in total. The molecule has 1 aliphatic carbocycles. The van der Waals surface area contributed by atoms with Crippen LogP contribution in [0.25, 0.3) is 0 Å². The highest BCUT2D eigenvalue weighted by molar-refractivity contribution is 5.77. The summed E-state index contributed by atoms with van der Waals surface area (Å²) in [5, 5.41) is 0. The van der Waals surface area contributed by atoms with Gasteiger partial charge in [0.1, 0.15) is 6.10 Å². The summed E-state index contributed by atoms with van der Waals surface area (Å²) < 4.78 is 10.2. The van der Waals surface area contributed by atoms with Crippen LogP contribution in [0.3, 0.4) is 0 Å². The van der Waals surface area contributed by atoms with Crippen LogP contribution in [-0.2, 0) is 19.1 Å². The van der Waals surface area contributed by atoms with Crippen molar-refractivity contribution >= 4 is 11.9 Å². The van der Waals surface area contributed by atoms with Crippen LogP contribution >= 0.6 is 0 Å². The summed E-state index contributed by atoms with van der Waals surface area (Å²) in [7, 11) is 0. The van der Waals surface area contributed by atoms with Crippen molar-refractivity contribution in [3.05, 3.63) is 0 Å². The first-order chi connectivity index (χ1) is 8.63. The van der Waals surface area contributed by atoms with Crippen molar-refractivity contribution in [2.45, 2.75) is 64.9 Å². The van der Waals surface area contributed by atoms with Crippen LogP contribution in [0, 0.1) is 5.92 Å². The van der Waals surface area contributed by atoms with E-state index >= 15 is 0 Å². The van der Waals surface area contributed by atoms with Gasteiger partial charge in [0.2, 0.25) is 0 Å². The van der Waals surface area contributed by atoms with Crippen molar-refractivity contribution in [1.29, 1.82) is 0 Å². The van der Waals surface area contributed by atoms with Gasteiger partial charge in [-0.05, 0) is 32.1 Å². The van der Waals surface area contributed by atoms with E-state index in [9.17, 15) is 9.59 Å². The van der Waals surface area contributed by atoms with E-state index in [2.05, 4.69) is 0 Å². The molecule has 0 heterocycles. The number of esters is 2. The third-order valence-electron chi connectivity index (χ3n) is 3.38. The summed E-state index contributed by atoms with van der Waals surface area (Å²) in [6, 6.07) is 0. The highest BCUT2D eigenvalue weighted by atomic mass is 16.5. The maximum absolute atomic E-state index is 11.6. The van der Waals surface area contributed by atoms with Gasteiger partial charge in [-0.3, -0.25) is 9.59 Å². The summed E-state index contributed by atoms with van der Waals surface area (Å²) in [5.74, 6) is -0.105. The first-order valence-electron chi connectivity index (χ1n) is 6.98. The molecule has 4 heteroatoms. The monoisotopic (exact) mass is 256 g/mol. The Morgan fingerprint density at radius 2 is 1.78 bits per heavy atom. The quantitative estimate of drug-likeness (QED) is 0.657. The Morgan fingerprint density at radius 3 is 2.39 bits per heavy atom. The second-order valence-corrected chi connectivity index (χ2v) is 4.96. The third kappa shape index (κ3) is 5.52. The molecule has 0 spiro atoms. The van der Waals surface area contributed by atoms with Gasteiger partial charge in [-0.15, -0.1) is 0 Å². The molecule has 0 saturated heterocycles. The van der Waals surface area contributed by atoms with Crippen LogP contribution in [0.15, 0.2) is 0 Å². The molecular weight excluding hydrogens is 232 g/mol. The zero-order valence-electron chi connectivity index (χ0n) is 11.4. The summed E-state index contributed by atoms with van der Waals surface area (Å²) in [6.45, 7) is 4.31. The van der Waals surface area contributed by atoms with Gasteiger partial charge in [-0.2, -0.15) is 0 Å². The van der Waals surface area contributed by atoms with Gasteiger partial charge >= 0.3 is 11.9 Å². The number of carbonyl (C=O) groups excluding carboxylic acids is 2. The Morgan fingerprint density at radius 1 is 1.17 bits per heavy atom. The Balaban J connectivity index is 2.14. The smallest absolute Gasteiger partial charge is 0.306 e. The second-order valence-electron chi connectivity index (χ2n) is 4.96. The van der Waals surface area contributed by atoms with Crippen molar-refractivity contribution in [3.8, 4) is 0 Å². The Labute approximate surface area is 109 Å². The van der Waals surface area contributed by atoms with E-state index in [1.54, 1.807) is 0 Å². The Hall–Kier alpha value is -1.06. The predicted molar refractivity (Wildman–Crippen MR) is 68.0 cm³/mol. The van der Waals surface area contributed by atoms with Crippen LogP contribution in [0.2, 0.25) is 0 Å². The molecule has 1 fully saturated rings. The lowest BCUT2D eigenvalue weighted by Gasteiger charge is -2.19. The lowest BCUT2D eigenvalue weighted by atomic mass is 10.0. The lowest BCUT2D eigenvalue weighted by molar-refractivity contribution is -0.154. The molecule has 1 unspecified atom stereocenters. The molecule has 0 aromatic heterocycles. The van der Waals surface area contributed by atoms with Gasteiger partial charge in [0.15, 0.2) is 0 Å². The molecule has 1 aliphatic rings. The van der Waals surface area contributed by atoms with Crippen molar-refractivity contribution in [1.82, 2.24) is 0 Å². The lowest BCUT2D eigenvalue weighted by Crippen LogP contribution is -2.22. The molecule has 0 aromatic carbocycles. The molecular formula is C14H24O4. The van der Waals surface area contributed by atoms with E-state index in [4.69, 9.17) is 9.47 Å². The van der Waals surface area contributed by atoms with E-state index in [1.807, 2.05) is 13.8 Å². The van der Waals surface area contributed by atoms with Crippen LogP contribution in [-0.4, -0.2) is 24.6 Å². The van der Waals surface area contributed by atoms with Crippen molar-refractivity contribution in [2.75, 3.05) is 6.61 Å². The summed E-state index contributed by atoms with van der Waals surface area (Å²) >= 11 is 0. The molecule has 1 atom stereocenters. The van der Waals surface area contributed by atoms with Gasteiger partial charge in [-0.25, -0.2) is 0 Å². The topological polar surface area (TPSA) is 52.6 Å². The molecule has 104 valence electrons. The van der Waals surface area contributed by atoms with E-state index in [0.29, 0.717) is 12.5 Å². The molecule has 0 radical (unpaired) electrons. The minimum atomic E-state index is -0.317. The summed E-state index contributed by atoms with van der Waals surface area (Å²) in [4.78, 5) is 22.8. The summed E-state index contributed by atoms with van der Waals surface area (Å²) in [5.41, 5.74) is 0. The SMILES string of the molecule is CCCOC(=O)CCC(=O)OC(C)C1CCCC1. The number of hydrogen-bond acceptors (Lipinski definition) is 4. The van der Waals surface area contributed by atoms with Crippen molar-refractivity contribution in [3.63, 3.8) is 0 Å².